The first-order valence-corrected chi connectivity index (χ1v) is 7.97. The van der Waals surface area contributed by atoms with Crippen molar-refractivity contribution in [2.75, 3.05) is 23.7 Å². The first-order chi connectivity index (χ1) is 10.7. The first-order valence-electron chi connectivity index (χ1n) is 7.97. The number of aromatic nitrogens is 1. The lowest BCUT2D eigenvalue weighted by Crippen LogP contribution is -2.42. The summed E-state index contributed by atoms with van der Waals surface area (Å²) < 4.78 is 0. The van der Waals surface area contributed by atoms with Gasteiger partial charge >= 0.3 is 0 Å². The number of anilines is 2. The lowest BCUT2D eigenvalue weighted by molar-refractivity contribution is 0.413. The number of pyridine rings is 1. The van der Waals surface area contributed by atoms with E-state index in [2.05, 4.69) is 58.5 Å². The van der Waals surface area contributed by atoms with Gasteiger partial charge in [0.15, 0.2) is 0 Å². The molecule has 1 aromatic carbocycles. The monoisotopic (exact) mass is 296 g/mol. The normalized spacial score (nSPS) is 16.0. The van der Waals surface area contributed by atoms with Crippen molar-refractivity contribution in [1.29, 1.82) is 0 Å². The predicted molar refractivity (Wildman–Crippen MR) is 91.9 cm³/mol. The van der Waals surface area contributed by atoms with Crippen LogP contribution in [0.4, 0.5) is 11.6 Å². The summed E-state index contributed by atoms with van der Waals surface area (Å²) in [6.45, 7) is 5.07. The van der Waals surface area contributed by atoms with Gasteiger partial charge in [-0.3, -0.25) is 0 Å². The van der Waals surface area contributed by atoms with Crippen LogP contribution in [0.3, 0.4) is 0 Å². The summed E-state index contributed by atoms with van der Waals surface area (Å²) in [7, 11) is 0. The molecule has 1 aromatic heterocycles. The van der Waals surface area contributed by atoms with Gasteiger partial charge < -0.3 is 16.0 Å². The maximum atomic E-state index is 5.86. The zero-order chi connectivity index (χ0) is 15.4. The Morgan fingerprint density at radius 3 is 2.59 bits per heavy atom. The Kier molecular flexibility index (Phi) is 4.59. The molecular weight excluding hydrogens is 272 g/mol. The number of aryl methyl sites for hydroxylation is 1. The molecule has 1 aliphatic rings. The Bertz CT molecular complexity index is 583. The Morgan fingerprint density at radius 1 is 1.18 bits per heavy atom. The third kappa shape index (κ3) is 3.77. The van der Waals surface area contributed by atoms with E-state index in [0.717, 1.165) is 38.3 Å². The number of hydrogen-bond donors (Lipinski definition) is 2. The highest BCUT2D eigenvalue weighted by atomic mass is 15.2. The fraction of sp³-hybridized carbons (Fsp3) is 0.389. The zero-order valence-electron chi connectivity index (χ0n) is 13.1. The number of nitrogens with one attached hydrogen (secondary N) is 1. The second-order valence-corrected chi connectivity index (χ2v) is 6.06. The van der Waals surface area contributed by atoms with Crippen LogP contribution < -0.4 is 16.0 Å². The van der Waals surface area contributed by atoms with Crippen LogP contribution in [-0.2, 0) is 6.54 Å². The van der Waals surface area contributed by atoms with Crippen LogP contribution in [-0.4, -0.2) is 24.1 Å². The van der Waals surface area contributed by atoms with Gasteiger partial charge in [0.25, 0.3) is 0 Å². The third-order valence-electron chi connectivity index (χ3n) is 4.23. The van der Waals surface area contributed by atoms with E-state index in [0.29, 0.717) is 11.9 Å². The van der Waals surface area contributed by atoms with Crippen molar-refractivity contribution in [2.45, 2.75) is 32.4 Å². The number of rotatable bonds is 4. The number of piperidine rings is 1. The molecule has 2 aromatic rings. The average molecular weight is 296 g/mol. The Morgan fingerprint density at radius 2 is 1.91 bits per heavy atom. The molecule has 4 nitrogen and oxygen atoms in total. The van der Waals surface area contributed by atoms with Gasteiger partial charge in [-0.2, -0.15) is 0 Å². The highest BCUT2D eigenvalue weighted by Gasteiger charge is 2.20. The van der Waals surface area contributed by atoms with Crippen molar-refractivity contribution >= 4 is 11.6 Å². The molecule has 4 heteroatoms. The van der Waals surface area contributed by atoms with E-state index in [1.54, 1.807) is 0 Å². The number of nitrogen functional groups attached to an aromatic ring is 1. The van der Waals surface area contributed by atoms with E-state index in [-0.39, 0.29) is 0 Å². The molecule has 0 radical (unpaired) electrons. The van der Waals surface area contributed by atoms with Gasteiger partial charge in [-0.05, 0) is 43.0 Å². The summed E-state index contributed by atoms with van der Waals surface area (Å²) in [5.41, 5.74) is 8.37. The van der Waals surface area contributed by atoms with Crippen molar-refractivity contribution in [1.82, 2.24) is 10.3 Å². The fourth-order valence-electron chi connectivity index (χ4n) is 3.01. The van der Waals surface area contributed by atoms with Crippen molar-refractivity contribution < 1.29 is 0 Å². The van der Waals surface area contributed by atoms with Crippen LogP contribution in [0.2, 0.25) is 0 Å². The minimum atomic E-state index is 0.582. The van der Waals surface area contributed by atoms with Crippen molar-refractivity contribution in [2.24, 2.45) is 0 Å². The maximum absolute atomic E-state index is 5.86. The van der Waals surface area contributed by atoms with Crippen molar-refractivity contribution in [3.8, 4) is 0 Å². The molecule has 3 rings (SSSR count). The molecule has 2 heterocycles. The lowest BCUT2D eigenvalue weighted by Gasteiger charge is -2.33. The maximum Gasteiger partial charge on any atom is 0.131 e. The molecule has 0 unspecified atom stereocenters. The lowest BCUT2D eigenvalue weighted by atomic mass is 10.0. The molecule has 116 valence electrons. The van der Waals surface area contributed by atoms with Gasteiger partial charge in [0.1, 0.15) is 11.6 Å². The van der Waals surface area contributed by atoms with Gasteiger partial charge in [0.05, 0.1) is 0 Å². The smallest absolute Gasteiger partial charge is 0.131 e. The molecule has 0 amide bonds. The molecule has 0 bridgehead atoms. The van der Waals surface area contributed by atoms with Gasteiger partial charge in [0.2, 0.25) is 0 Å². The molecule has 3 N–H and O–H groups in total. The second-order valence-electron chi connectivity index (χ2n) is 6.06. The van der Waals surface area contributed by atoms with Crippen LogP contribution in [0.25, 0.3) is 0 Å². The largest absolute Gasteiger partial charge is 0.384 e. The molecule has 0 saturated carbocycles. The highest BCUT2D eigenvalue weighted by molar-refractivity contribution is 5.48. The van der Waals surface area contributed by atoms with E-state index in [9.17, 15) is 0 Å². The summed E-state index contributed by atoms with van der Waals surface area (Å²) >= 11 is 0. The first kappa shape index (κ1) is 14.9. The predicted octanol–water partition coefficient (Wildman–Crippen LogP) is 2.73. The Balaban J connectivity index is 1.52. The van der Waals surface area contributed by atoms with Crippen LogP contribution in [0.1, 0.15) is 24.0 Å². The van der Waals surface area contributed by atoms with Crippen LogP contribution in [0.15, 0.2) is 42.5 Å². The second kappa shape index (κ2) is 6.79. The standard InChI is InChI=1S/C18H24N4/c1-14-11-17(19)21-18(12-14)22-9-7-16(8-10-22)20-13-15-5-3-2-4-6-15/h2-6,11-12,16,20H,7-10,13H2,1H3,(H2,19,21). The highest BCUT2D eigenvalue weighted by Crippen LogP contribution is 2.20. The van der Waals surface area contributed by atoms with Gasteiger partial charge in [0, 0.05) is 25.7 Å². The summed E-state index contributed by atoms with van der Waals surface area (Å²) in [6.07, 6.45) is 2.28. The van der Waals surface area contributed by atoms with E-state index < -0.39 is 0 Å². The summed E-state index contributed by atoms with van der Waals surface area (Å²) in [6, 6.07) is 15.2. The van der Waals surface area contributed by atoms with Gasteiger partial charge in [-0.15, -0.1) is 0 Å². The van der Waals surface area contributed by atoms with E-state index in [4.69, 9.17) is 5.73 Å². The number of nitrogens with two attached hydrogens (primary N) is 1. The Labute approximate surface area is 132 Å². The van der Waals surface area contributed by atoms with Crippen LogP contribution in [0, 0.1) is 6.92 Å². The summed E-state index contributed by atoms with van der Waals surface area (Å²) in [4.78, 5) is 6.80. The molecule has 0 atom stereocenters. The molecule has 0 aliphatic carbocycles. The zero-order valence-corrected chi connectivity index (χ0v) is 13.1. The molecule has 1 fully saturated rings. The minimum Gasteiger partial charge on any atom is -0.384 e. The summed E-state index contributed by atoms with van der Waals surface area (Å²) in [5.74, 6) is 1.62. The Hall–Kier alpha value is -2.07. The number of benzene rings is 1. The summed E-state index contributed by atoms with van der Waals surface area (Å²) in [5, 5.41) is 3.66. The van der Waals surface area contributed by atoms with E-state index >= 15 is 0 Å². The van der Waals surface area contributed by atoms with Gasteiger partial charge in [-0.1, -0.05) is 30.3 Å². The van der Waals surface area contributed by atoms with E-state index in [1.165, 1.54) is 11.1 Å². The topological polar surface area (TPSA) is 54.2 Å². The van der Waals surface area contributed by atoms with Crippen LogP contribution >= 0.6 is 0 Å². The molecule has 0 spiro atoms. The van der Waals surface area contributed by atoms with E-state index in [1.807, 2.05) is 6.07 Å². The van der Waals surface area contributed by atoms with Crippen LogP contribution in [0.5, 0.6) is 0 Å². The average Bonchev–Trinajstić information content (AvgIpc) is 2.53. The number of nitrogens with zero attached hydrogens (tertiary/aromatic N) is 2. The molecular formula is C18H24N4. The molecule has 22 heavy (non-hydrogen) atoms. The SMILES string of the molecule is Cc1cc(N)nc(N2CCC(NCc3ccccc3)CC2)c1. The number of hydrogen-bond acceptors (Lipinski definition) is 4. The minimum absolute atomic E-state index is 0.582. The molecule has 1 saturated heterocycles. The molecule has 1 aliphatic heterocycles. The van der Waals surface area contributed by atoms with Crippen molar-refractivity contribution in [3.63, 3.8) is 0 Å². The van der Waals surface area contributed by atoms with Gasteiger partial charge in [-0.25, -0.2) is 4.98 Å². The third-order valence-corrected chi connectivity index (χ3v) is 4.23. The quantitative estimate of drug-likeness (QED) is 0.911. The fourth-order valence-corrected chi connectivity index (χ4v) is 3.01. The van der Waals surface area contributed by atoms with Crippen molar-refractivity contribution in [3.05, 3.63) is 53.6 Å².